The molecule has 0 aliphatic carbocycles. The quantitative estimate of drug-likeness (QED) is 0.908. The van der Waals surface area contributed by atoms with Crippen molar-refractivity contribution in [2.45, 2.75) is 38.1 Å². The molecule has 0 radical (unpaired) electrons. The van der Waals surface area contributed by atoms with E-state index in [-0.39, 0.29) is 11.8 Å². The fourth-order valence-corrected chi connectivity index (χ4v) is 2.66. The van der Waals surface area contributed by atoms with Gasteiger partial charge in [-0.05, 0) is 32.3 Å². The second kappa shape index (κ2) is 5.03. The number of hydrogen-bond acceptors (Lipinski definition) is 2. The smallest absolute Gasteiger partial charge is 0.329 e. The maximum absolute atomic E-state index is 12.5. The van der Waals surface area contributed by atoms with E-state index < -0.39 is 11.5 Å². The maximum atomic E-state index is 12.5. The van der Waals surface area contributed by atoms with E-state index in [0.717, 1.165) is 12.0 Å². The van der Waals surface area contributed by atoms with Crippen LogP contribution in [-0.4, -0.2) is 34.0 Å². The number of rotatable bonds is 3. The number of benzene rings is 1. The van der Waals surface area contributed by atoms with E-state index in [2.05, 4.69) is 0 Å². The molecule has 0 saturated carbocycles. The third kappa shape index (κ3) is 2.35. The molecular weight excluding hydrogens is 242 g/mol. The lowest BCUT2D eigenvalue weighted by Crippen LogP contribution is -2.51. The molecule has 4 heteroatoms. The zero-order chi connectivity index (χ0) is 14.0. The second-order valence-corrected chi connectivity index (χ2v) is 5.30. The summed E-state index contributed by atoms with van der Waals surface area (Å²) in [6.07, 6.45) is 1.27. The first-order chi connectivity index (χ1) is 8.97. The Morgan fingerprint density at radius 1 is 1.32 bits per heavy atom. The van der Waals surface area contributed by atoms with Gasteiger partial charge in [0.05, 0.1) is 5.92 Å². The number of carbonyl (C=O) groups is 2. The van der Waals surface area contributed by atoms with Crippen molar-refractivity contribution in [3.63, 3.8) is 0 Å². The Bertz CT molecular complexity index is 485. The summed E-state index contributed by atoms with van der Waals surface area (Å²) in [5, 5.41) is 9.35. The van der Waals surface area contributed by atoms with Gasteiger partial charge in [0.2, 0.25) is 5.91 Å². The molecule has 1 unspecified atom stereocenters. The van der Waals surface area contributed by atoms with Crippen LogP contribution in [0.3, 0.4) is 0 Å². The first kappa shape index (κ1) is 13.6. The monoisotopic (exact) mass is 261 g/mol. The van der Waals surface area contributed by atoms with E-state index in [9.17, 15) is 14.7 Å². The first-order valence-electron chi connectivity index (χ1n) is 6.56. The zero-order valence-corrected chi connectivity index (χ0v) is 11.3. The Kier molecular flexibility index (Phi) is 3.60. The predicted molar refractivity (Wildman–Crippen MR) is 71.8 cm³/mol. The van der Waals surface area contributed by atoms with Crippen LogP contribution in [0.4, 0.5) is 0 Å². The molecule has 1 aromatic rings. The van der Waals surface area contributed by atoms with Crippen molar-refractivity contribution in [1.82, 2.24) is 4.90 Å². The van der Waals surface area contributed by atoms with Crippen molar-refractivity contribution >= 4 is 11.9 Å². The number of carbonyl (C=O) groups excluding carboxylic acids is 1. The van der Waals surface area contributed by atoms with E-state index in [0.29, 0.717) is 13.0 Å². The summed E-state index contributed by atoms with van der Waals surface area (Å²) in [6, 6.07) is 9.48. The highest BCUT2D eigenvalue weighted by molar-refractivity contribution is 5.90. The number of aliphatic carboxylic acids is 1. The van der Waals surface area contributed by atoms with Crippen molar-refractivity contribution < 1.29 is 14.7 Å². The van der Waals surface area contributed by atoms with Crippen LogP contribution in [0.2, 0.25) is 0 Å². The van der Waals surface area contributed by atoms with Gasteiger partial charge in [-0.15, -0.1) is 0 Å². The average molecular weight is 261 g/mol. The fourth-order valence-electron chi connectivity index (χ4n) is 2.66. The van der Waals surface area contributed by atoms with E-state index in [1.54, 1.807) is 6.92 Å². The van der Waals surface area contributed by atoms with Crippen LogP contribution in [0.1, 0.15) is 38.2 Å². The number of nitrogens with zero attached hydrogens (tertiary/aromatic N) is 1. The summed E-state index contributed by atoms with van der Waals surface area (Å²) in [5.41, 5.74) is -0.132. The van der Waals surface area contributed by atoms with Gasteiger partial charge >= 0.3 is 5.97 Å². The van der Waals surface area contributed by atoms with Gasteiger partial charge in [0.25, 0.3) is 0 Å². The van der Waals surface area contributed by atoms with Gasteiger partial charge in [0, 0.05) is 6.54 Å². The Hall–Kier alpha value is -1.84. The second-order valence-electron chi connectivity index (χ2n) is 5.30. The minimum absolute atomic E-state index is 0.103. The van der Waals surface area contributed by atoms with E-state index in [4.69, 9.17) is 0 Å². The van der Waals surface area contributed by atoms with Crippen LogP contribution in [0, 0.1) is 0 Å². The standard InChI is InChI=1S/C15H19NO3/c1-11(12-7-4-3-5-8-12)13(17)16-10-6-9-15(16,2)14(18)19/h3-5,7-8,11H,6,9-10H2,1-2H3,(H,18,19)/t11-,15?/m0/s1. The molecule has 0 bridgehead atoms. The topological polar surface area (TPSA) is 57.6 Å². The van der Waals surface area contributed by atoms with Crippen molar-refractivity contribution in [3.05, 3.63) is 35.9 Å². The molecule has 1 amide bonds. The lowest BCUT2D eigenvalue weighted by molar-refractivity contribution is -0.155. The van der Waals surface area contributed by atoms with E-state index in [1.165, 1.54) is 4.90 Å². The highest BCUT2D eigenvalue weighted by Gasteiger charge is 2.46. The largest absolute Gasteiger partial charge is 0.480 e. The lowest BCUT2D eigenvalue weighted by atomic mass is 9.95. The number of amides is 1. The molecule has 2 rings (SSSR count). The molecule has 1 aliphatic rings. The molecule has 102 valence electrons. The zero-order valence-electron chi connectivity index (χ0n) is 11.3. The van der Waals surface area contributed by atoms with Gasteiger partial charge in [-0.3, -0.25) is 4.79 Å². The number of carboxylic acids is 1. The van der Waals surface area contributed by atoms with Gasteiger partial charge in [0.15, 0.2) is 0 Å². The molecule has 0 aromatic heterocycles. The van der Waals surface area contributed by atoms with Crippen molar-refractivity contribution in [1.29, 1.82) is 0 Å². The van der Waals surface area contributed by atoms with Crippen molar-refractivity contribution in [3.8, 4) is 0 Å². The highest BCUT2D eigenvalue weighted by Crippen LogP contribution is 2.32. The number of carboxylic acid groups (broad SMARTS) is 1. The van der Waals surface area contributed by atoms with Crippen molar-refractivity contribution in [2.75, 3.05) is 6.54 Å². The normalized spacial score (nSPS) is 24.2. The summed E-state index contributed by atoms with van der Waals surface area (Å²) in [4.78, 5) is 25.5. The summed E-state index contributed by atoms with van der Waals surface area (Å²) in [7, 11) is 0. The van der Waals surface area contributed by atoms with Gasteiger partial charge in [-0.25, -0.2) is 4.79 Å². The van der Waals surface area contributed by atoms with Gasteiger partial charge in [0.1, 0.15) is 5.54 Å². The Morgan fingerprint density at radius 2 is 1.95 bits per heavy atom. The molecule has 1 fully saturated rings. The van der Waals surface area contributed by atoms with Crippen LogP contribution in [0.5, 0.6) is 0 Å². The lowest BCUT2D eigenvalue weighted by Gasteiger charge is -2.33. The van der Waals surface area contributed by atoms with Gasteiger partial charge < -0.3 is 10.0 Å². The van der Waals surface area contributed by atoms with Crippen LogP contribution < -0.4 is 0 Å². The molecule has 1 heterocycles. The molecular formula is C15H19NO3. The maximum Gasteiger partial charge on any atom is 0.329 e. The van der Waals surface area contributed by atoms with Gasteiger partial charge in [-0.1, -0.05) is 30.3 Å². The SMILES string of the molecule is C[C@H](C(=O)N1CCCC1(C)C(=O)O)c1ccccc1. The Balaban J connectivity index is 2.22. The number of hydrogen-bond donors (Lipinski definition) is 1. The van der Waals surface area contributed by atoms with E-state index in [1.807, 2.05) is 37.3 Å². The molecule has 4 nitrogen and oxygen atoms in total. The van der Waals surface area contributed by atoms with Crippen LogP contribution in [0.15, 0.2) is 30.3 Å². The predicted octanol–water partition coefficient (Wildman–Crippen LogP) is 2.26. The molecule has 0 spiro atoms. The molecule has 1 aromatic carbocycles. The third-order valence-electron chi connectivity index (χ3n) is 4.04. The molecule has 1 aliphatic heterocycles. The summed E-state index contributed by atoms with van der Waals surface area (Å²) in [6.45, 7) is 4.00. The Morgan fingerprint density at radius 3 is 2.53 bits per heavy atom. The summed E-state index contributed by atoms with van der Waals surface area (Å²) < 4.78 is 0. The molecule has 2 atom stereocenters. The minimum Gasteiger partial charge on any atom is -0.480 e. The first-order valence-corrected chi connectivity index (χ1v) is 6.56. The minimum atomic E-state index is -1.06. The number of likely N-dealkylation sites (tertiary alicyclic amines) is 1. The summed E-state index contributed by atoms with van der Waals surface area (Å²) in [5.74, 6) is -1.33. The average Bonchev–Trinajstić information content (AvgIpc) is 2.81. The van der Waals surface area contributed by atoms with E-state index >= 15 is 0 Å². The van der Waals surface area contributed by atoms with Crippen LogP contribution in [0.25, 0.3) is 0 Å². The van der Waals surface area contributed by atoms with Crippen LogP contribution >= 0.6 is 0 Å². The fraction of sp³-hybridized carbons (Fsp3) is 0.467. The molecule has 1 saturated heterocycles. The molecule has 1 N–H and O–H groups in total. The van der Waals surface area contributed by atoms with Gasteiger partial charge in [-0.2, -0.15) is 0 Å². The third-order valence-corrected chi connectivity index (χ3v) is 4.04. The highest BCUT2D eigenvalue weighted by atomic mass is 16.4. The van der Waals surface area contributed by atoms with Crippen LogP contribution in [-0.2, 0) is 9.59 Å². The Labute approximate surface area is 113 Å². The summed E-state index contributed by atoms with van der Waals surface area (Å²) >= 11 is 0. The van der Waals surface area contributed by atoms with Crippen molar-refractivity contribution in [2.24, 2.45) is 0 Å². The molecule has 19 heavy (non-hydrogen) atoms.